The first-order chi connectivity index (χ1) is 11.1. The molecule has 1 heterocycles. The number of amides is 2. The molecule has 3 rings (SSSR count). The minimum Gasteiger partial charge on any atom is -0.349 e. The fourth-order valence-corrected chi connectivity index (χ4v) is 2.54. The number of carbonyl (C=O) groups excluding carboxylic acids is 2. The standard InChI is InChI=1S/C18H23N3O2/c1-20-10-12-21(13-11-20)17(22)9-4-14-2-5-15(6-3-14)18(23)19-16-7-8-16/h2-6,9,16H,7-8,10-13H2,1H3,(H,19,23)/b9-4+. The molecule has 0 aromatic heterocycles. The molecule has 0 atom stereocenters. The highest BCUT2D eigenvalue weighted by Crippen LogP contribution is 2.19. The van der Waals surface area contributed by atoms with Crippen molar-refractivity contribution in [3.8, 4) is 0 Å². The normalized spacial score (nSPS) is 19.1. The van der Waals surface area contributed by atoms with Crippen LogP contribution in [-0.4, -0.2) is 60.9 Å². The predicted octanol–water partition coefficient (Wildman–Crippen LogP) is 1.37. The largest absolute Gasteiger partial charge is 0.349 e. The smallest absolute Gasteiger partial charge is 0.251 e. The van der Waals surface area contributed by atoms with Gasteiger partial charge in [0.2, 0.25) is 5.91 Å². The Kier molecular flexibility index (Phi) is 4.76. The van der Waals surface area contributed by atoms with Gasteiger partial charge in [0.05, 0.1) is 0 Å². The lowest BCUT2D eigenvalue weighted by atomic mass is 10.1. The minimum atomic E-state index is -0.0171. The molecule has 1 saturated carbocycles. The second-order valence-corrected chi connectivity index (χ2v) is 6.33. The quantitative estimate of drug-likeness (QED) is 0.854. The van der Waals surface area contributed by atoms with Crippen LogP contribution in [0.15, 0.2) is 30.3 Å². The summed E-state index contributed by atoms with van der Waals surface area (Å²) < 4.78 is 0. The summed E-state index contributed by atoms with van der Waals surface area (Å²) in [5, 5.41) is 2.96. The van der Waals surface area contributed by atoms with Crippen LogP contribution in [0.25, 0.3) is 6.08 Å². The molecule has 0 bridgehead atoms. The molecule has 2 amide bonds. The Bertz CT molecular complexity index is 597. The SMILES string of the molecule is CN1CCN(C(=O)/C=C/c2ccc(C(=O)NC3CC3)cc2)CC1. The number of carbonyl (C=O) groups is 2. The van der Waals surface area contributed by atoms with Crippen LogP contribution in [0.1, 0.15) is 28.8 Å². The van der Waals surface area contributed by atoms with Crippen molar-refractivity contribution in [2.75, 3.05) is 33.2 Å². The zero-order valence-electron chi connectivity index (χ0n) is 13.5. The zero-order valence-corrected chi connectivity index (χ0v) is 13.5. The predicted molar refractivity (Wildman–Crippen MR) is 90.0 cm³/mol. The number of piperazine rings is 1. The molecule has 5 heteroatoms. The van der Waals surface area contributed by atoms with Gasteiger partial charge in [-0.3, -0.25) is 9.59 Å². The summed E-state index contributed by atoms with van der Waals surface area (Å²) in [6.45, 7) is 3.40. The highest BCUT2D eigenvalue weighted by Gasteiger charge is 2.23. The van der Waals surface area contributed by atoms with Crippen molar-refractivity contribution in [2.45, 2.75) is 18.9 Å². The van der Waals surface area contributed by atoms with E-state index in [2.05, 4.69) is 17.3 Å². The van der Waals surface area contributed by atoms with E-state index < -0.39 is 0 Å². The number of hydrogen-bond acceptors (Lipinski definition) is 3. The number of likely N-dealkylation sites (N-methyl/N-ethyl adjacent to an activating group) is 1. The Morgan fingerprint density at radius 1 is 1.09 bits per heavy atom. The van der Waals surface area contributed by atoms with E-state index in [4.69, 9.17) is 0 Å². The van der Waals surface area contributed by atoms with E-state index in [0.29, 0.717) is 11.6 Å². The first-order valence-corrected chi connectivity index (χ1v) is 8.18. The minimum absolute atomic E-state index is 0.0171. The van der Waals surface area contributed by atoms with Crippen LogP contribution < -0.4 is 5.32 Å². The van der Waals surface area contributed by atoms with Crippen LogP contribution in [0, 0.1) is 0 Å². The molecular formula is C18H23N3O2. The number of rotatable bonds is 4. The molecule has 122 valence electrons. The average molecular weight is 313 g/mol. The van der Waals surface area contributed by atoms with E-state index in [0.717, 1.165) is 44.6 Å². The van der Waals surface area contributed by atoms with Crippen LogP contribution in [0.3, 0.4) is 0 Å². The Morgan fingerprint density at radius 3 is 2.35 bits per heavy atom. The summed E-state index contributed by atoms with van der Waals surface area (Å²) >= 11 is 0. The van der Waals surface area contributed by atoms with Crippen molar-refractivity contribution in [1.29, 1.82) is 0 Å². The van der Waals surface area contributed by atoms with Gasteiger partial charge in [-0.25, -0.2) is 0 Å². The second-order valence-electron chi connectivity index (χ2n) is 6.33. The van der Waals surface area contributed by atoms with E-state index in [9.17, 15) is 9.59 Å². The summed E-state index contributed by atoms with van der Waals surface area (Å²) in [7, 11) is 2.07. The van der Waals surface area contributed by atoms with Crippen LogP contribution in [0.4, 0.5) is 0 Å². The molecule has 0 spiro atoms. The van der Waals surface area contributed by atoms with Crippen LogP contribution >= 0.6 is 0 Å². The van der Waals surface area contributed by atoms with E-state index in [1.54, 1.807) is 18.2 Å². The van der Waals surface area contributed by atoms with E-state index in [-0.39, 0.29) is 11.8 Å². The number of hydrogen-bond donors (Lipinski definition) is 1. The second kappa shape index (κ2) is 6.96. The molecule has 1 aliphatic heterocycles. The molecule has 1 N–H and O–H groups in total. The summed E-state index contributed by atoms with van der Waals surface area (Å²) in [4.78, 5) is 28.1. The third-order valence-electron chi connectivity index (χ3n) is 4.32. The van der Waals surface area contributed by atoms with Crippen LogP contribution in [-0.2, 0) is 4.79 Å². The fourth-order valence-electron chi connectivity index (χ4n) is 2.54. The number of benzene rings is 1. The topological polar surface area (TPSA) is 52.7 Å². The molecule has 0 radical (unpaired) electrons. The van der Waals surface area contributed by atoms with E-state index in [1.165, 1.54) is 0 Å². The summed E-state index contributed by atoms with van der Waals surface area (Å²) in [6, 6.07) is 7.71. The van der Waals surface area contributed by atoms with Crippen molar-refractivity contribution in [3.05, 3.63) is 41.5 Å². The van der Waals surface area contributed by atoms with Gasteiger partial charge in [0.1, 0.15) is 0 Å². The molecule has 23 heavy (non-hydrogen) atoms. The maximum absolute atomic E-state index is 12.1. The highest BCUT2D eigenvalue weighted by atomic mass is 16.2. The van der Waals surface area contributed by atoms with Gasteiger partial charge in [0, 0.05) is 43.9 Å². The third-order valence-corrected chi connectivity index (χ3v) is 4.32. The number of nitrogens with zero attached hydrogens (tertiary/aromatic N) is 2. The molecule has 1 aromatic rings. The van der Waals surface area contributed by atoms with E-state index >= 15 is 0 Å². The lowest BCUT2D eigenvalue weighted by molar-refractivity contribution is -0.127. The first-order valence-electron chi connectivity index (χ1n) is 8.18. The van der Waals surface area contributed by atoms with Gasteiger partial charge in [0.25, 0.3) is 5.91 Å². The lowest BCUT2D eigenvalue weighted by Gasteiger charge is -2.31. The highest BCUT2D eigenvalue weighted by molar-refractivity contribution is 5.95. The van der Waals surface area contributed by atoms with Gasteiger partial charge in [-0.2, -0.15) is 0 Å². The maximum atomic E-state index is 12.1. The Morgan fingerprint density at radius 2 is 1.74 bits per heavy atom. The van der Waals surface area contributed by atoms with Gasteiger partial charge in [-0.1, -0.05) is 12.1 Å². The molecule has 2 fully saturated rings. The average Bonchev–Trinajstić information content (AvgIpc) is 3.37. The summed E-state index contributed by atoms with van der Waals surface area (Å²) in [6.07, 6.45) is 5.59. The lowest BCUT2D eigenvalue weighted by Crippen LogP contribution is -2.46. The van der Waals surface area contributed by atoms with Gasteiger partial charge in [0.15, 0.2) is 0 Å². The molecule has 1 aromatic carbocycles. The molecule has 5 nitrogen and oxygen atoms in total. The van der Waals surface area contributed by atoms with Gasteiger partial charge in [-0.05, 0) is 43.7 Å². The number of nitrogens with one attached hydrogen (secondary N) is 1. The van der Waals surface area contributed by atoms with Crippen molar-refractivity contribution in [3.63, 3.8) is 0 Å². The fraction of sp³-hybridized carbons (Fsp3) is 0.444. The van der Waals surface area contributed by atoms with Gasteiger partial charge in [-0.15, -0.1) is 0 Å². The molecule has 0 unspecified atom stereocenters. The van der Waals surface area contributed by atoms with Crippen molar-refractivity contribution >= 4 is 17.9 Å². The zero-order chi connectivity index (χ0) is 16.2. The molecular weight excluding hydrogens is 290 g/mol. The van der Waals surface area contributed by atoms with Crippen LogP contribution in [0.5, 0.6) is 0 Å². The van der Waals surface area contributed by atoms with Crippen LogP contribution in [0.2, 0.25) is 0 Å². The summed E-state index contributed by atoms with van der Waals surface area (Å²) in [5.41, 5.74) is 1.59. The van der Waals surface area contributed by atoms with Gasteiger partial charge >= 0.3 is 0 Å². The van der Waals surface area contributed by atoms with Crippen molar-refractivity contribution < 1.29 is 9.59 Å². The molecule has 1 aliphatic carbocycles. The van der Waals surface area contributed by atoms with Crippen molar-refractivity contribution in [2.24, 2.45) is 0 Å². The first kappa shape index (κ1) is 15.7. The molecule has 2 aliphatic rings. The monoisotopic (exact) mass is 313 g/mol. The Hall–Kier alpha value is -2.14. The summed E-state index contributed by atoms with van der Waals surface area (Å²) in [5.74, 6) is 0.0326. The Labute approximate surface area is 137 Å². The third kappa shape index (κ3) is 4.42. The van der Waals surface area contributed by atoms with Crippen molar-refractivity contribution in [1.82, 2.24) is 15.1 Å². The van der Waals surface area contributed by atoms with E-state index in [1.807, 2.05) is 23.1 Å². The Balaban J connectivity index is 1.54. The van der Waals surface area contributed by atoms with Gasteiger partial charge < -0.3 is 15.1 Å². The maximum Gasteiger partial charge on any atom is 0.251 e. The molecule has 1 saturated heterocycles.